The largest absolute Gasteiger partial charge is 0.389 e. The number of β-amino-alcohol motifs (C(OH)–C–C–N with tert-alkyl or cyclic N) is 1. The Morgan fingerprint density at radius 3 is 2.62 bits per heavy atom. The van der Waals surface area contributed by atoms with Gasteiger partial charge < -0.3 is 20.0 Å². The minimum atomic E-state index is -0.977. The maximum atomic E-state index is 10.1. The van der Waals surface area contributed by atoms with E-state index in [0.717, 1.165) is 34.9 Å². The van der Waals surface area contributed by atoms with Crippen molar-refractivity contribution in [2.24, 2.45) is 4.99 Å². The third kappa shape index (κ3) is 3.04. The Morgan fingerprint density at radius 1 is 1.23 bits per heavy atom. The Labute approximate surface area is 152 Å². The molecule has 0 atom stereocenters. The van der Waals surface area contributed by atoms with Crippen LogP contribution in [0.15, 0.2) is 29.4 Å². The zero-order valence-electron chi connectivity index (χ0n) is 15.2. The number of aromatic nitrogens is 2. The molecule has 0 aromatic carbocycles. The van der Waals surface area contributed by atoms with Crippen LogP contribution in [0.2, 0.25) is 0 Å². The second-order valence-corrected chi connectivity index (χ2v) is 7.54. The molecule has 0 amide bonds. The lowest BCUT2D eigenvalue weighted by Gasteiger charge is -2.39. The molecule has 0 unspecified atom stereocenters. The molecule has 1 fully saturated rings. The van der Waals surface area contributed by atoms with Gasteiger partial charge in [0.25, 0.3) is 0 Å². The highest BCUT2D eigenvalue weighted by molar-refractivity contribution is 5.76. The summed E-state index contributed by atoms with van der Waals surface area (Å²) in [6.07, 6.45) is 3.25. The van der Waals surface area contributed by atoms with Crippen molar-refractivity contribution < 1.29 is 10.2 Å². The van der Waals surface area contributed by atoms with Gasteiger partial charge in [-0.25, -0.2) is 9.98 Å². The summed E-state index contributed by atoms with van der Waals surface area (Å²) in [6.45, 7) is 5.34. The summed E-state index contributed by atoms with van der Waals surface area (Å²) < 4.78 is 0. The van der Waals surface area contributed by atoms with Crippen molar-refractivity contribution in [3.05, 3.63) is 35.7 Å². The van der Waals surface area contributed by atoms with E-state index in [9.17, 15) is 10.2 Å². The maximum Gasteiger partial charge on any atom is 0.136 e. The summed E-state index contributed by atoms with van der Waals surface area (Å²) in [7, 11) is 1.98. The van der Waals surface area contributed by atoms with Crippen molar-refractivity contribution in [2.75, 3.05) is 25.0 Å². The second kappa shape index (κ2) is 6.03. The molecule has 2 aromatic rings. The van der Waals surface area contributed by atoms with E-state index in [2.05, 4.69) is 14.9 Å². The third-order valence-corrected chi connectivity index (χ3v) is 4.73. The van der Waals surface area contributed by atoms with Crippen LogP contribution < -0.4 is 4.90 Å². The lowest BCUT2D eigenvalue weighted by atomic mass is 10.0. The first-order valence-corrected chi connectivity index (χ1v) is 8.72. The average molecular weight is 353 g/mol. The number of hydrogen-bond donors (Lipinski definition) is 2. The molecule has 2 aliphatic heterocycles. The van der Waals surface area contributed by atoms with E-state index < -0.39 is 5.60 Å². The molecule has 136 valence electrons. The molecule has 0 radical (unpaired) electrons. The summed E-state index contributed by atoms with van der Waals surface area (Å²) in [4.78, 5) is 17.9. The van der Waals surface area contributed by atoms with Crippen LogP contribution in [0, 0.1) is 0 Å². The maximum absolute atomic E-state index is 10.1. The van der Waals surface area contributed by atoms with Gasteiger partial charge in [0, 0.05) is 44.0 Å². The first-order chi connectivity index (χ1) is 12.3. The smallest absolute Gasteiger partial charge is 0.136 e. The molecule has 26 heavy (non-hydrogen) atoms. The standard InChI is InChI=1S/C19H23N5O2/c1-19(2,26)17-5-4-12(7-20-17)15-6-16-14(10-23(3)11-21-16)18(22-15)24-8-13(25)9-24/h4-7,11,13,25-26H,8-10H2,1-3H3. The number of aliphatic imine (C=N–C) groups is 1. The number of aliphatic hydroxyl groups is 2. The van der Waals surface area contributed by atoms with Gasteiger partial charge in [-0.05, 0) is 32.0 Å². The van der Waals surface area contributed by atoms with Crippen LogP contribution in [0.5, 0.6) is 0 Å². The number of pyridine rings is 2. The molecular weight excluding hydrogens is 330 g/mol. The molecule has 0 spiro atoms. The zero-order chi connectivity index (χ0) is 18.5. The average Bonchev–Trinajstić information content (AvgIpc) is 2.58. The van der Waals surface area contributed by atoms with Gasteiger partial charge in [0.2, 0.25) is 0 Å². The lowest BCUT2D eigenvalue weighted by molar-refractivity contribution is 0.0739. The minimum Gasteiger partial charge on any atom is -0.389 e. The van der Waals surface area contributed by atoms with Crippen molar-refractivity contribution in [2.45, 2.75) is 32.1 Å². The van der Waals surface area contributed by atoms with Crippen LogP contribution in [0.3, 0.4) is 0 Å². The molecular formula is C19H23N5O2. The van der Waals surface area contributed by atoms with Gasteiger partial charge in [-0.3, -0.25) is 4.98 Å². The van der Waals surface area contributed by atoms with Gasteiger partial charge in [0.15, 0.2) is 0 Å². The fourth-order valence-electron chi connectivity index (χ4n) is 3.21. The van der Waals surface area contributed by atoms with Crippen LogP contribution in [-0.4, -0.2) is 57.7 Å². The number of rotatable bonds is 3. The topological polar surface area (TPSA) is 85.1 Å². The molecule has 2 aromatic heterocycles. The van der Waals surface area contributed by atoms with Gasteiger partial charge >= 0.3 is 0 Å². The lowest BCUT2D eigenvalue weighted by Crippen LogP contribution is -2.51. The molecule has 4 rings (SSSR count). The number of fused-ring (bicyclic) bond motifs is 1. The molecule has 2 N–H and O–H groups in total. The Hall–Kier alpha value is -2.51. The predicted molar refractivity (Wildman–Crippen MR) is 101 cm³/mol. The number of aliphatic hydroxyl groups excluding tert-OH is 1. The van der Waals surface area contributed by atoms with Crippen LogP contribution in [-0.2, 0) is 12.1 Å². The van der Waals surface area contributed by atoms with Crippen LogP contribution >= 0.6 is 0 Å². The Balaban J connectivity index is 1.76. The Bertz CT molecular complexity index is 851. The fourth-order valence-corrected chi connectivity index (χ4v) is 3.21. The molecule has 2 aliphatic rings. The SMILES string of the molecule is CN1C=Nc2cc(-c3ccc(C(C)(C)O)nc3)nc(N3CC(O)C3)c2C1. The summed E-state index contributed by atoms with van der Waals surface area (Å²) in [5, 5.41) is 19.8. The van der Waals surface area contributed by atoms with Gasteiger partial charge in [0.05, 0.1) is 29.5 Å². The van der Waals surface area contributed by atoms with Gasteiger partial charge in [-0.2, -0.15) is 0 Å². The summed E-state index contributed by atoms with van der Waals surface area (Å²) in [5.74, 6) is 0.873. The summed E-state index contributed by atoms with van der Waals surface area (Å²) >= 11 is 0. The first-order valence-electron chi connectivity index (χ1n) is 8.72. The molecule has 7 nitrogen and oxygen atoms in total. The van der Waals surface area contributed by atoms with Crippen molar-refractivity contribution in [3.63, 3.8) is 0 Å². The monoisotopic (exact) mass is 353 g/mol. The van der Waals surface area contributed by atoms with E-state index in [1.54, 1.807) is 20.0 Å². The number of nitrogens with zero attached hydrogens (tertiary/aromatic N) is 5. The van der Waals surface area contributed by atoms with E-state index >= 15 is 0 Å². The Kier molecular flexibility index (Phi) is 3.93. The summed E-state index contributed by atoms with van der Waals surface area (Å²) in [6, 6.07) is 5.71. The molecule has 0 aliphatic carbocycles. The van der Waals surface area contributed by atoms with Gasteiger partial charge in [-0.1, -0.05) is 0 Å². The quantitative estimate of drug-likeness (QED) is 0.873. The highest BCUT2D eigenvalue weighted by Crippen LogP contribution is 2.36. The minimum absolute atomic E-state index is 0.298. The normalized spacial score (nSPS) is 17.3. The molecule has 0 saturated carbocycles. The van der Waals surface area contributed by atoms with E-state index in [1.165, 1.54) is 0 Å². The molecule has 4 heterocycles. The number of hydrogen-bond acceptors (Lipinski definition) is 7. The molecule has 7 heteroatoms. The molecule has 1 saturated heterocycles. The fraction of sp³-hybridized carbons (Fsp3) is 0.421. The van der Waals surface area contributed by atoms with E-state index in [-0.39, 0.29) is 6.10 Å². The Morgan fingerprint density at radius 2 is 2.00 bits per heavy atom. The van der Waals surface area contributed by atoms with E-state index in [4.69, 9.17) is 4.98 Å². The van der Waals surface area contributed by atoms with Crippen LogP contribution in [0.1, 0.15) is 25.1 Å². The second-order valence-electron chi connectivity index (χ2n) is 7.54. The molecule has 0 bridgehead atoms. The van der Waals surface area contributed by atoms with Gasteiger partial charge in [0.1, 0.15) is 11.4 Å². The van der Waals surface area contributed by atoms with Crippen LogP contribution in [0.4, 0.5) is 11.5 Å². The van der Waals surface area contributed by atoms with Gasteiger partial charge in [-0.15, -0.1) is 0 Å². The van der Waals surface area contributed by atoms with Crippen molar-refractivity contribution in [1.29, 1.82) is 0 Å². The summed E-state index contributed by atoms with van der Waals surface area (Å²) in [5.41, 5.74) is 3.27. The van der Waals surface area contributed by atoms with Crippen molar-refractivity contribution >= 4 is 17.8 Å². The third-order valence-electron chi connectivity index (χ3n) is 4.73. The van der Waals surface area contributed by atoms with Crippen molar-refractivity contribution in [1.82, 2.24) is 14.9 Å². The van der Waals surface area contributed by atoms with E-state index in [0.29, 0.717) is 18.8 Å². The number of anilines is 1. The highest BCUT2D eigenvalue weighted by Gasteiger charge is 2.30. The highest BCUT2D eigenvalue weighted by atomic mass is 16.3. The van der Waals surface area contributed by atoms with E-state index in [1.807, 2.05) is 36.5 Å². The van der Waals surface area contributed by atoms with Crippen molar-refractivity contribution in [3.8, 4) is 11.3 Å². The zero-order valence-corrected chi connectivity index (χ0v) is 15.2. The van der Waals surface area contributed by atoms with Crippen LogP contribution in [0.25, 0.3) is 11.3 Å². The first kappa shape index (κ1) is 16.9. The predicted octanol–water partition coefficient (Wildman–Crippen LogP) is 1.66.